The standard InChI is InChI=1S/C17H26N2/c1-2-16-7-4-10-19(16)17(12-18)15-6-3-5-14(11-15)13-8-9-13/h3,5-6,11,13,16-17H,2,4,7-10,12,18H2,1H3. The average molecular weight is 258 g/mol. The second-order valence-corrected chi connectivity index (χ2v) is 6.14. The zero-order chi connectivity index (χ0) is 13.2. The Labute approximate surface area is 117 Å². The van der Waals surface area contributed by atoms with E-state index in [1.165, 1.54) is 49.8 Å². The molecule has 0 radical (unpaired) electrons. The number of rotatable bonds is 5. The molecule has 2 atom stereocenters. The monoisotopic (exact) mass is 258 g/mol. The molecule has 2 nitrogen and oxygen atoms in total. The van der Waals surface area contributed by atoms with Gasteiger partial charge in [-0.3, -0.25) is 4.90 Å². The van der Waals surface area contributed by atoms with Crippen LogP contribution >= 0.6 is 0 Å². The summed E-state index contributed by atoms with van der Waals surface area (Å²) < 4.78 is 0. The normalized spacial score (nSPS) is 25.7. The van der Waals surface area contributed by atoms with Crippen LogP contribution in [-0.4, -0.2) is 24.0 Å². The van der Waals surface area contributed by atoms with Gasteiger partial charge in [-0.1, -0.05) is 31.2 Å². The quantitative estimate of drug-likeness (QED) is 0.876. The Morgan fingerprint density at radius 3 is 2.84 bits per heavy atom. The predicted molar refractivity (Wildman–Crippen MR) is 80.2 cm³/mol. The van der Waals surface area contributed by atoms with Gasteiger partial charge in [0.05, 0.1) is 0 Å². The molecule has 19 heavy (non-hydrogen) atoms. The summed E-state index contributed by atoms with van der Waals surface area (Å²) in [6, 6.07) is 10.4. The second-order valence-electron chi connectivity index (χ2n) is 6.14. The lowest BCUT2D eigenvalue weighted by Crippen LogP contribution is -2.37. The Kier molecular flexibility index (Phi) is 3.90. The molecule has 0 amide bonds. The van der Waals surface area contributed by atoms with Gasteiger partial charge in [-0.25, -0.2) is 0 Å². The van der Waals surface area contributed by atoms with E-state index in [1.807, 2.05) is 0 Å². The molecule has 3 rings (SSSR count). The Balaban J connectivity index is 1.82. The first kappa shape index (κ1) is 13.1. The van der Waals surface area contributed by atoms with Crippen molar-refractivity contribution in [3.8, 4) is 0 Å². The largest absolute Gasteiger partial charge is 0.329 e. The molecule has 0 aromatic heterocycles. The van der Waals surface area contributed by atoms with Crippen molar-refractivity contribution in [2.45, 2.75) is 57.0 Å². The first-order chi connectivity index (χ1) is 9.33. The fourth-order valence-electron chi connectivity index (χ4n) is 3.61. The van der Waals surface area contributed by atoms with E-state index < -0.39 is 0 Å². The maximum Gasteiger partial charge on any atom is 0.0473 e. The van der Waals surface area contributed by atoms with Gasteiger partial charge in [-0.15, -0.1) is 0 Å². The lowest BCUT2D eigenvalue weighted by molar-refractivity contribution is 0.180. The van der Waals surface area contributed by atoms with Crippen LogP contribution in [0.5, 0.6) is 0 Å². The SMILES string of the molecule is CCC1CCCN1C(CN)c1cccc(C2CC2)c1. The first-order valence-corrected chi connectivity index (χ1v) is 7.89. The first-order valence-electron chi connectivity index (χ1n) is 7.89. The van der Waals surface area contributed by atoms with E-state index in [1.54, 1.807) is 0 Å². The lowest BCUT2D eigenvalue weighted by atomic mass is 9.99. The van der Waals surface area contributed by atoms with Crippen LogP contribution in [0.1, 0.15) is 62.1 Å². The van der Waals surface area contributed by atoms with E-state index in [4.69, 9.17) is 5.73 Å². The fraction of sp³-hybridized carbons (Fsp3) is 0.647. The Morgan fingerprint density at radius 2 is 2.16 bits per heavy atom. The third-order valence-electron chi connectivity index (χ3n) is 4.86. The van der Waals surface area contributed by atoms with Crippen molar-refractivity contribution in [1.29, 1.82) is 0 Å². The average Bonchev–Trinajstić information content (AvgIpc) is 3.20. The number of likely N-dealkylation sites (tertiary alicyclic amines) is 1. The van der Waals surface area contributed by atoms with Gasteiger partial charge in [0.1, 0.15) is 0 Å². The molecule has 1 saturated carbocycles. The maximum absolute atomic E-state index is 6.10. The smallest absolute Gasteiger partial charge is 0.0473 e. The summed E-state index contributed by atoms with van der Waals surface area (Å²) in [5.41, 5.74) is 9.07. The van der Waals surface area contributed by atoms with Crippen LogP contribution in [0.15, 0.2) is 24.3 Å². The maximum atomic E-state index is 6.10. The topological polar surface area (TPSA) is 29.3 Å². The second kappa shape index (κ2) is 5.64. The van der Waals surface area contributed by atoms with Gasteiger partial charge in [0.15, 0.2) is 0 Å². The highest BCUT2D eigenvalue weighted by Gasteiger charge is 2.30. The molecule has 104 valence electrons. The highest BCUT2D eigenvalue weighted by molar-refractivity contribution is 5.31. The fourth-order valence-corrected chi connectivity index (χ4v) is 3.61. The molecule has 2 heteroatoms. The summed E-state index contributed by atoms with van der Waals surface area (Å²) in [5.74, 6) is 0.832. The van der Waals surface area contributed by atoms with Crippen molar-refractivity contribution in [3.63, 3.8) is 0 Å². The molecule has 1 heterocycles. The van der Waals surface area contributed by atoms with Crippen LogP contribution in [0.3, 0.4) is 0 Å². The predicted octanol–water partition coefficient (Wildman–Crippen LogP) is 3.44. The van der Waals surface area contributed by atoms with E-state index >= 15 is 0 Å². The highest BCUT2D eigenvalue weighted by Crippen LogP contribution is 2.41. The van der Waals surface area contributed by atoms with Crippen LogP contribution in [0.4, 0.5) is 0 Å². The molecule has 2 N–H and O–H groups in total. The van der Waals surface area contributed by atoms with Gasteiger partial charge >= 0.3 is 0 Å². The Bertz CT molecular complexity index is 425. The third kappa shape index (κ3) is 2.70. The minimum absolute atomic E-state index is 0.422. The summed E-state index contributed by atoms with van der Waals surface area (Å²) in [4.78, 5) is 2.64. The number of hydrogen-bond donors (Lipinski definition) is 1. The summed E-state index contributed by atoms with van der Waals surface area (Å²) in [7, 11) is 0. The van der Waals surface area contributed by atoms with Crippen molar-refractivity contribution >= 4 is 0 Å². The van der Waals surface area contributed by atoms with E-state index in [9.17, 15) is 0 Å². The van der Waals surface area contributed by atoms with E-state index in [-0.39, 0.29) is 0 Å². The van der Waals surface area contributed by atoms with Gasteiger partial charge in [-0.2, -0.15) is 0 Å². The molecular formula is C17H26N2. The number of hydrogen-bond acceptors (Lipinski definition) is 2. The van der Waals surface area contributed by atoms with E-state index in [0.29, 0.717) is 6.04 Å². The highest BCUT2D eigenvalue weighted by atomic mass is 15.2. The molecule has 1 aliphatic carbocycles. The molecule has 1 aromatic rings. The molecule has 1 aliphatic heterocycles. The van der Waals surface area contributed by atoms with Crippen molar-refractivity contribution in [3.05, 3.63) is 35.4 Å². The van der Waals surface area contributed by atoms with Crippen molar-refractivity contribution in [1.82, 2.24) is 4.90 Å². The van der Waals surface area contributed by atoms with Crippen LogP contribution in [-0.2, 0) is 0 Å². The van der Waals surface area contributed by atoms with Crippen molar-refractivity contribution in [2.24, 2.45) is 5.73 Å². The van der Waals surface area contributed by atoms with Crippen LogP contribution < -0.4 is 5.73 Å². The number of nitrogens with zero attached hydrogens (tertiary/aromatic N) is 1. The minimum Gasteiger partial charge on any atom is -0.329 e. The van der Waals surface area contributed by atoms with E-state index in [0.717, 1.165) is 18.5 Å². The Hall–Kier alpha value is -0.860. The summed E-state index contributed by atoms with van der Waals surface area (Å²) in [5, 5.41) is 0. The molecule has 1 aromatic carbocycles. The molecule has 2 aliphatic rings. The zero-order valence-electron chi connectivity index (χ0n) is 12.0. The molecular weight excluding hydrogens is 232 g/mol. The van der Waals surface area contributed by atoms with Crippen molar-refractivity contribution < 1.29 is 0 Å². The summed E-state index contributed by atoms with van der Waals surface area (Å²) in [6.07, 6.45) is 6.67. The molecule has 0 bridgehead atoms. The number of nitrogens with two attached hydrogens (primary N) is 1. The Morgan fingerprint density at radius 1 is 1.32 bits per heavy atom. The zero-order valence-corrected chi connectivity index (χ0v) is 12.0. The van der Waals surface area contributed by atoms with Gasteiger partial charge in [0.25, 0.3) is 0 Å². The van der Waals surface area contributed by atoms with Gasteiger partial charge in [0, 0.05) is 18.6 Å². The van der Waals surface area contributed by atoms with Crippen LogP contribution in [0.25, 0.3) is 0 Å². The molecule has 2 fully saturated rings. The van der Waals surface area contributed by atoms with Gasteiger partial charge < -0.3 is 5.73 Å². The summed E-state index contributed by atoms with van der Waals surface area (Å²) >= 11 is 0. The number of benzene rings is 1. The van der Waals surface area contributed by atoms with Crippen LogP contribution in [0.2, 0.25) is 0 Å². The lowest BCUT2D eigenvalue weighted by Gasteiger charge is -2.32. The third-order valence-corrected chi connectivity index (χ3v) is 4.86. The van der Waals surface area contributed by atoms with Gasteiger partial charge in [-0.05, 0) is 55.7 Å². The molecule has 0 spiro atoms. The minimum atomic E-state index is 0.422. The molecule has 2 unspecified atom stereocenters. The van der Waals surface area contributed by atoms with E-state index in [2.05, 4.69) is 36.1 Å². The van der Waals surface area contributed by atoms with Crippen LogP contribution in [0, 0.1) is 0 Å². The summed E-state index contributed by atoms with van der Waals surface area (Å²) in [6.45, 7) is 4.26. The molecule has 1 saturated heterocycles. The van der Waals surface area contributed by atoms with Gasteiger partial charge in [0.2, 0.25) is 0 Å². The van der Waals surface area contributed by atoms with Crippen molar-refractivity contribution in [2.75, 3.05) is 13.1 Å².